The van der Waals surface area contributed by atoms with E-state index in [4.69, 9.17) is 4.74 Å². The predicted molar refractivity (Wildman–Crippen MR) is 93.3 cm³/mol. The highest BCUT2D eigenvalue weighted by Gasteiger charge is 2.36. The van der Waals surface area contributed by atoms with E-state index in [0.29, 0.717) is 5.41 Å². The second-order valence-corrected chi connectivity index (χ2v) is 7.42. The molecule has 2 aliphatic carbocycles. The molecule has 2 N–H and O–H groups in total. The monoisotopic (exact) mass is 309 g/mol. The van der Waals surface area contributed by atoms with E-state index < -0.39 is 0 Å². The number of ether oxygens (including phenoxy) is 1. The molecule has 2 saturated carbocycles. The first kappa shape index (κ1) is 17.6. The lowest BCUT2D eigenvalue weighted by atomic mass is 9.67. The van der Waals surface area contributed by atoms with Gasteiger partial charge in [0.15, 0.2) is 5.96 Å². The van der Waals surface area contributed by atoms with Crippen molar-refractivity contribution in [1.29, 1.82) is 0 Å². The third kappa shape index (κ3) is 4.87. The highest BCUT2D eigenvalue weighted by atomic mass is 16.5. The first-order valence-corrected chi connectivity index (χ1v) is 9.12. The summed E-state index contributed by atoms with van der Waals surface area (Å²) in [5, 5.41) is 7.11. The van der Waals surface area contributed by atoms with Gasteiger partial charge in [0.25, 0.3) is 0 Å². The summed E-state index contributed by atoms with van der Waals surface area (Å²) in [6.07, 6.45) is 10.7. The van der Waals surface area contributed by atoms with Crippen molar-refractivity contribution in [3.63, 3.8) is 0 Å². The second-order valence-electron chi connectivity index (χ2n) is 7.42. The Balaban J connectivity index is 1.72. The summed E-state index contributed by atoms with van der Waals surface area (Å²) in [5.74, 6) is 2.62. The van der Waals surface area contributed by atoms with Crippen molar-refractivity contribution < 1.29 is 4.74 Å². The van der Waals surface area contributed by atoms with Crippen molar-refractivity contribution in [1.82, 2.24) is 10.6 Å². The zero-order valence-electron chi connectivity index (χ0n) is 14.8. The lowest BCUT2D eigenvalue weighted by Gasteiger charge is -2.42. The van der Waals surface area contributed by atoms with Crippen LogP contribution >= 0.6 is 0 Å². The highest BCUT2D eigenvalue weighted by Crippen LogP contribution is 2.43. The maximum absolute atomic E-state index is 5.27. The van der Waals surface area contributed by atoms with Crippen LogP contribution in [0.1, 0.15) is 58.3 Å². The van der Waals surface area contributed by atoms with Crippen molar-refractivity contribution >= 4 is 5.96 Å². The minimum Gasteiger partial charge on any atom is -0.385 e. The molecule has 0 spiro atoms. The van der Waals surface area contributed by atoms with Gasteiger partial charge in [0.1, 0.15) is 0 Å². The minimum absolute atomic E-state index is 0.436. The van der Waals surface area contributed by atoms with E-state index in [1.54, 1.807) is 7.11 Å². The van der Waals surface area contributed by atoms with Gasteiger partial charge in [0, 0.05) is 33.9 Å². The average Bonchev–Trinajstić information content (AvgIpc) is 2.50. The van der Waals surface area contributed by atoms with Crippen LogP contribution in [0.4, 0.5) is 0 Å². The van der Waals surface area contributed by atoms with Gasteiger partial charge in [0.2, 0.25) is 0 Å². The topological polar surface area (TPSA) is 45.7 Å². The molecule has 0 aromatic carbocycles. The van der Waals surface area contributed by atoms with E-state index in [-0.39, 0.29) is 0 Å². The van der Waals surface area contributed by atoms with E-state index in [9.17, 15) is 0 Å². The summed E-state index contributed by atoms with van der Waals surface area (Å²) in [6.45, 7) is 5.35. The molecular formula is C18H35N3O. The van der Waals surface area contributed by atoms with E-state index in [0.717, 1.165) is 43.9 Å². The van der Waals surface area contributed by atoms with Crippen molar-refractivity contribution in [2.45, 2.75) is 58.3 Å². The first-order chi connectivity index (χ1) is 10.7. The van der Waals surface area contributed by atoms with Crippen LogP contribution in [0.5, 0.6) is 0 Å². The average molecular weight is 309 g/mol. The third-order valence-corrected chi connectivity index (χ3v) is 5.93. The molecule has 2 atom stereocenters. The molecule has 0 aromatic heterocycles. The Kier molecular flexibility index (Phi) is 7.00. The van der Waals surface area contributed by atoms with Gasteiger partial charge in [-0.25, -0.2) is 0 Å². The second kappa shape index (κ2) is 8.76. The standard InChI is InChI=1S/C18H35N3O/c1-15-7-4-5-8-16(15)13-20-17(19-2)21-14-18(9-6-10-18)11-12-22-3/h15-16H,4-14H2,1-3H3,(H2,19,20,21). The number of methoxy groups -OCH3 is 1. The van der Waals surface area contributed by atoms with Crippen LogP contribution in [0.15, 0.2) is 4.99 Å². The maximum atomic E-state index is 5.27. The van der Waals surface area contributed by atoms with E-state index >= 15 is 0 Å². The summed E-state index contributed by atoms with van der Waals surface area (Å²) < 4.78 is 5.27. The number of nitrogens with zero attached hydrogens (tertiary/aromatic N) is 1. The van der Waals surface area contributed by atoms with Crippen LogP contribution < -0.4 is 10.6 Å². The zero-order chi connectivity index (χ0) is 15.8. The molecule has 0 bridgehead atoms. The smallest absolute Gasteiger partial charge is 0.191 e. The van der Waals surface area contributed by atoms with Crippen LogP contribution in [0, 0.1) is 17.3 Å². The van der Waals surface area contributed by atoms with E-state index in [1.165, 1.54) is 44.9 Å². The van der Waals surface area contributed by atoms with Crippen LogP contribution in [0.2, 0.25) is 0 Å². The molecule has 0 heterocycles. The summed E-state index contributed by atoms with van der Waals surface area (Å²) in [5.41, 5.74) is 0.436. The molecule has 128 valence electrons. The first-order valence-electron chi connectivity index (χ1n) is 9.12. The molecule has 4 nitrogen and oxygen atoms in total. The zero-order valence-corrected chi connectivity index (χ0v) is 14.8. The quantitative estimate of drug-likeness (QED) is 0.561. The fourth-order valence-electron chi connectivity index (χ4n) is 3.93. The van der Waals surface area contributed by atoms with Gasteiger partial charge >= 0.3 is 0 Å². The number of hydrogen-bond donors (Lipinski definition) is 2. The summed E-state index contributed by atoms with van der Waals surface area (Å²) in [7, 11) is 3.67. The Morgan fingerprint density at radius 2 is 1.95 bits per heavy atom. The SMILES string of the molecule is CN=C(NCC1CCCCC1C)NCC1(CCOC)CCC1. The Morgan fingerprint density at radius 3 is 2.55 bits per heavy atom. The normalized spacial score (nSPS) is 28.0. The summed E-state index contributed by atoms with van der Waals surface area (Å²) >= 11 is 0. The van der Waals surface area contributed by atoms with Gasteiger partial charge in [-0.1, -0.05) is 32.6 Å². The van der Waals surface area contributed by atoms with E-state index in [1.807, 2.05) is 7.05 Å². The molecule has 2 aliphatic rings. The lowest BCUT2D eigenvalue weighted by molar-refractivity contribution is 0.0732. The fourth-order valence-corrected chi connectivity index (χ4v) is 3.93. The van der Waals surface area contributed by atoms with Crippen molar-refractivity contribution in [2.75, 3.05) is 33.9 Å². The van der Waals surface area contributed by atoms with Crippen LogP contribution in [0.3, 0.4) is 0 Å². The number of nitrogens with one attached hydrogen (secondary N) is 2. The minimum atomic E-state index is 0.436. The molecule has 22 heavy (non-hydrogen) atoms. The van der Waals surface area contributed by atoms with E-state index in [2.05, 4.69) is 22.5 Å². The van der Waals surface area contributed by atoms with Crippen molar-refractivity contribution in [3.05, 3.63) is 0 Å². The van der Waals surface area contributed by atoms with Gasteiger partial charge in [-0.15, -0.1) is 0 Å². The molecule has 0 saturated heterocycles. The number of aliphatic imine (C=N–C) groups is 1. The molecule has 2 fully saturated rings. The highest BCUT2D eigenvalue weighted by molar-refractivity contribution is 5.79. The maximum Gasteiger partial charge on any atom is 0.191 e. The molecule has 2 rings (SSSR count). The van der Waals surface area contributed by atoms with Crippen molar-refractivity contribution in [3.8, 4) is 0 Å². The van der Waals surface area contributed by atoms with Crippen LogP contribution in [-0.4, -0.2) is 39.8 Å². The van der Waals surface area contributed by atoms with Crippen molar-refractivity contribution in [2.24, 2.45) is 22.2 Å². The Morgan fingerprint density at radius 1 is 1.18 bits per heavy atom. The van der Waals surface area contributed by atoms with Gasteiger partial charge in [-0.3, -0.25) is 4.99 Å². The van der Waals surface area contributed by atoms with Gasteiger partial charge in [-0.05, 0) is 42.9 Å². The number of guanidine groups is 1. The fraction of sp³-hybridized carbons (Fsp3) is 0.944. The number of rotatable bonds is 7. The molecule has 0 radical (unpaired) electrons. The number of hydrogen-bond acceptors (Lipinski definition) is 2. The van der Waals surface area contributed by atoms with Gasteiger partial charge < -0.3 is 15.4 Å². The van der Waals surface area contributed by atoms with Crippen LogP contribution in [0.25, 0.3) is 0 Å². The predicted octanol–water partition coefficient (Wildman–Crippen LogP) is 3.18. The Bertz CT molecular complexity index is 352. The molecule has 0 aliphatic heterocycles. The molecule has 0 aromatic rings. The Labute approximate surface area is 136 Å². The van der Waals surface area contributed by atoms with Crippen LogP contribution in [-0.2, 0) is 4.74 Å². The molecule has 2 unspecified atom stereocenters. The summed E-state index contributed by atoms with van der Waals surface area (Å²) in [4.78, 5) is 4.40. The largest absolute Gasteiger partial charge is 0.385 e. The lowest BCUT2D eigenvalue weighted by Crippen LogP contribution is -2.48. The Hall–Kier alpha value is -0.770. The molecule has 0 amide bonds. The van der Waals surface area contributed by atoms with Gasteiger partial charge in [0.05, 0.1) is 0 Å². The molecular weight excluding hydrogens is 274 g/mol. The third-order valence-electron chi connectivity index (χ3n) is 5.93. The summed E-state index contributed by atoms with van der Waals surface area (Å²) in [6, 6.07) is 0. The molecule has 4 heteroatoms. The van der Waals surface area contributed by atoms with Gasteiger partial charge in [-0.2, -0.15) is 0 Å².